The van der Waals surface area contributed by atoms with Gasteiger partial charge < -0.3 is 11.1 Å². The molecule has 3 atom stereocenters. The molecule has 1 saturated heterocycles. The van der Waals surface area contributed by atoms with E-state index in [1.807, 2.05) is 0 Å². The molecule has 5 aliphatic rings. The van der Waals surface area contributed by atoms with Gasteiger partial charge >= 0.3 is 16.4 Å². The van der Waals surface area contributed by atoms with Gasteiger partial charge in [0.2, 0.25) is 11.8 Å². The van der Waals surface area contributed by atoms with Crippen LogP contribution in [-0.2, 0) is 26.0 Å². The summed E-state index contributed by atoms with van der Waals surface area (Å²) in [5.41, 5.74) is 4.09. The van der Waals surface area contributed by atoms with Gasteiger partial charge in [0, 0.05) is 25.6 Å². The fourth-order valence-corrected chi connectivity index (χ4v) is 10.4. The number of carbonyl (C=O) groups is 2. The van der Waals surface area contributed by atoms with Gasteiger partial charge in [0.05, 0.1) is 27.8 Å². The van der Waals surface area contributed by atoms with E-state index in [4.69, 9.17) is 28.9 Å². The summed E-state index contributed by atoms with van der Waals surface area (Å²) in [6.07, 6.45) is 0.169. The molecule has 0 radical (unpaired) electrons. The number of carbonyl (C=O) groups excluding carboxylic acids is 2. The second kappa shape index (κ2) is 9.95. The van der Waals surface area contributed by atoms with Crippen LogP contribution in [0.15, 0.2) is 12.1 Å². The monoisotopic (exact) mass is 610 g/mol. The summed E-state index contributed by atoms with van der Waals surface area (Å²) >= 11 is 12.3. The van der Waals surface area contributed by atoms with Crippen LogP contribution in [0, 0.1) is 29.1 Å². The van der Waals surface area contributed by atoms with E-state index in [0.717, 1.165) is 40.7 Å². The highest BCUT2D eigenvalue weighted by Gasteiger charge is 2.56. The molecule has 2 unspecified atom stereocenters. The first-order valence-electron chi connectivity index (χ1n) is 13.0. The minimum atomic E-state index is -4.71. The van der Waals surface area contributed by atoms with Crippen LogP contribution in [-0.4, -0.2) is 50.2 Å². The van der Waals surface area contributed by atoms with E-state index in [9.17, 15) is 31.2 Å². The van der Waals surface area contributed by atoms with Gasteiger partial charge in [-0.3, -0.25) is 13.9 Å². The molecule has 4 aliphatic carbocycles. The fourth-order valence-electron chi connectivity index (χ4n) is 7.74. The molecule has 4 saturated carbocycles. The van der Waals surface area contributed by atoms with E-state index >= 15 is 0 Å². The second-order valence-electron chi connectivity index (χ2n) is 11.9. The normalized spacial score (nSPS) is 33.8. The maximum atomic E-state index is 13.6. The van der Waals surface area contributed by atoms with Crippen molar-refractivity contribution in [2.24, 2.45) is 34.8 Å². The van der Waals surface area contributed by atoms with Crippen molar-refractivity contribution in [3.63, 3.8) is 0 Å². The standard InChI is InChI=1S/C25H31Cl2F3N4O4S/c1-13-10-33(39(37,38)34(11-13)23-18(26)4-17(5-19(23)27)25(28,29)30)12-21(36)32-22-15-2-14-3-16(22)8-24(6-14,7-15)9-20(31)35/h4-5,13-16,22H,2-3,6-12H2,1H3,(H2,31,35)(H,32,36)/t13-,14?,15?,16?,22?,24?/m0/s1. The molecule has 1 aliphatic heterocycles. The van der Waals surface area contributed by atoms with Gasteiger partial charge in [-0.15, -0.1) is 0 Å². The number of alkyl halides is 3. The van der Waals surface area contributed by atoms with E-state index in [1.165, 1.54) is 0 Å². The van der Waals surface area contributed by atoms with E-state index in [0.29, 0.717) is 24.5 Å². The first kappa shape index (κ1) is 28.8. The summed E-state index contributed by atoms with van der Waals surface area (Å²) in [4.78, 5) is 24.9. The fraction of sp³-hybridized carbons (Fsp3) is 0.680. The number of benzene rings is 1. The van der Waals surface area contributed by atoms with E-state index in [2.05, 4.69) is 5.32 Å². The van der Waals surface area contributed by atoms with Crippen molar-refractivity contribution in [3.8, 4) is 0 Å². The lowest BCUT2D eigenvalue weighted by Crippen LogP contribution is -2.61. The molecule has 5 fully saturated rings. The van der Waals surface area contributed by atoms with Crippen molar-refractivity contribution in [1.29, 1.82) is 0 Å². The molecule has 216 valence electrons. The van der Waals surface area contributed by atoms with E-state index in [-0.39, 0.29) is 53.9 Å². The SMILES string of the molecule is C[C@H]1CN(CC(=O)NC2C3CC4CC2CC(CC(N)=O)(C4)C3)S(=O)(=O)N(c2c(Cl)cc(C(F)(F)F)cc2Cl)C1. The summed E-state index contributed by atoms with van der Waals surface area (Å²) in [6, 6.07) is 1.19. The molecular formula is C25H31Cl2F3N4O4S. The maximum absolute atomic E-state index is 13.6. The highest BCUT2D eigenvalue weighted by Crippen LogP contribution is 2.61. The Hall–Kier alpha value is -1.76. The third kappa shape index (κ3) is 5.46. The predicted octanol–water partition coefficient (Wildman–Crippen LogP) is 4.20. The molecule has 4 bridgehead atoms. The Kier molecular flexibility index (Phi) is 7.34. The molecular weight excluding hydrogens is 580 g/mol. The molecule has 1 heterocycles. The maximum Gasteiger partial charge on any atom is 0.416 e. The number of rotatable bonds is 6. The summed E-state index contributed by atoms with van der Waals surface area (Å²) in [5.74, 6) is -0.0930. The van der Waals surface area contributed by atoms with Crippen LogP contribution >= 0.6 is 23.2 Å². The Balaban J connectivity index is 1.32. The number of primary amides is 1. The Bertz CT molecular complexity index is 1260. The lowest BCUT2D eigenvalue weighted by Gasteiger charge is -2.60. The minimum absolute atomic E-state index is 0.0542. The molecule has 0 aromatic heterocycles. The summed E-state index contributed by atoms with van der Waals surface area (Å²) < 4.78 is 68.6. The van der Waals surface area contributed by atoms with Gasteiger partial charge in [0.1, 0.15) is 0 Å². The smallest absolute Gasteiger partial charge is 0.370 e. The quantitative estimate of drug-likeness (QED) is 0.502. The number of hydrogen-bond acceptors (Lipinski definition) is 4. The van der Waals surface area contributed by atoms with Crippen molar-refractivity contribution < 1.29 is 31.2 Å². The number of nitrogens with zero attached hydrogens (tertiary/aromatic N) is 2. The first-order valence-corrected chi connectivity index (χ1v) is 15.1. The molecule has 8 nitrogen and oxygen atoms in total. The molecule has 3 N–H and O–H groups in total. The third-order valence-electron chi connectivity index (χ3n) is 8.79. The number of halogens is 5. The minimum Gasteiger partial charge on any atom is -0.370 e. The number of hydrogen-bond donors (Lipinski definition) is 2. The molecule has 14 heteroatoms. The third-order valence-corrected chi connectivity index (χ3v) is 11.2. The van der Waals surface area contributed by atoms with Gasteiger partial charge in [-0.05, 0) is 73.3 Å². The van der Waals surface area contributed by atoms with Gasteiger partial charge in [0.25, 0.3) is 0 Å². The number of anilines is 1. The summed E-state index contributed by atoms with van der Waals surface area (Å²) in [6.45, 7) is 1.34. The van der Waals surface area contributed by atoms with Crippen LogP contribution in [0.5, 0.6) is 0 Å². The predicted molar refractivity (Wildman–Crippen MR) is 140 cm³/mol. The molecule has 1 aromatic carbocycles. The Morgan fingerprint density at radius 3 is 2.23 bits per heavy atom. The van der Waals surface area contributed by atoms with Gasteiger partial charge in [-0.2, -0.15) is 25.9 Å². The van der Waals surface area contributed by atoms with Crippen molar-refractivity contribution in [2.75, 3.05) is 23.9 Å². The highest BCUT2D eigenvalue weighted by atomic mass is 35.5. The number of amides is 2. The number of nitrogens with two attached hydrogens (primary N) is 1. The zero-order valence-electron chi connectivity index (χ0n) is 21.3. The Labute approximate surface area is 235 Å². The lowest BCUT2D eigenvalue weighted by atomic mass is 9.47. The topological polar surface area (TPSA) is 113 Å². The zero-order chi connectivity index (χ0) is 28.5. The van der Waals surface area contributed by atoms with Crippen LogP contribution in [0.25, 0.3) is 0 Å². The zero-order valence-corrected chi connectivity index (χ0v) is 23.6. The second-order valence-corrected chi connectivity index (χ2v) is 14.6. The average molecular weight is 612 g/mol. The van der Waals surface area contributed by atoms with Crippen molar-refractivity contribution in [3.05, 3.63) is 27.7 Å². The molecule has 39 heavy (non-hydrogen) atoms. The van der Waals surface area contributed by atoms with Crippen LogP contribution in [0.2, 0.25) is 10.0 Å². The summed E-state index contributed by atoms with van der Waals surface area (Å²) in [5, 5.41) is 2.18. The lowest BCUT2D eigenvalue weighted by molar-refractivity contribution is -0.137. The van der Waals surface area contributed by atoms with Gasteiger partial charge in [-0.25, -0.2) is 0 Å². The van der Waals surface area contributed by atoms with E-state index < -0.39 is 44.4 Å². The van der Waals surface area contributed by atoms with Crippen LogP contribution in [0.1, 0.15) is 51.0 Å². The molecule has 6 rings (SSSR count). The number of nitrogens with one attached hydrogen (secondary N) is 1. The van der Waals surface area contributed by atoms with Crippen molar-refractivity contribution >= 4 is 50.9 Å². The van der Waals surface area contributed by atoms with Crippen LogP contribution < -0.4 is 15.4 Å². The first-order chi connectivity index (χ1) is 18.1. The highest BCUT2D eigenvalue weighted by molar-refractivity contribution is 7.90. The Morgan fingerprint density at radius 1 is 1.10 bits per heavy atom. The Morgan fingerprint density at radius 2 is 1.69 bits per heavy atom. The average Bonchev–Trinajstić information content (AvgIpc) is 2.77. The van der Waals surface area contributed by atoms with Crippen LogP contribution in [0.4, 0.5) is 18.9 Å². The van der Waals surface area contributed by atoms with Gasteiger partial charge in [-0.1, -0.05) is 30.1 Å². The molecule has 0 spiro atoms. The van der Waals surface area contributed by atoms with E-state index in [1.54, 1.807) is 6.92 Å². The summed E-state index contributed by atoms with van der Waals surface area (Å²) in [7, 11) is -4.32. The van der Waals surface area contributed by atoms with Crippen molar-refractivity contribution in [1.82, 2.24) is 9.62 Å². The van der Waals surface area contributed by atoms with Crippen molar-refractivity contribution in [2.45, 2.75) is 57.7 Å². The van der Waals surface area contributed by atoms with Gasteiger partial charge in [0.15, 0.2) is 0 Å². The largest absolute Gasteiger partial charge is 0.416 e. The molecule has 1 aromatic rings. The van der Waals surface area contributed by atoms with Crippen LogP contribution in [0.3, 0.4) is 0 Å². The molecule has 2 amide bonds.